The van der Waals surface area contributed by atoms with Crippen LogP contribution in [-0.2, 0) is 19.1 Å². The molecule has 1 heterocycles. The van der Waals surface area contributed by atoms with E-state index in [0.717, 1.165) is 0 Å². The van der Waals surface area contributed by atoms with Crippen molar-refractivity contribution in [2.75, 3.05) is 0 Å². The van der Waals surface area contributed by atoms with Crippen LogP contribution in [0.4, 0.5) is 0 Å². The van der Waals surface area contributed by atoms with E-state index in [2.05, 4.69) is 37.2 Å². The highest BCUT2D eigenvalue weighted by atomic mass is 79.9. The molecule has 7 heteroatoms. The second-order valence-corrected chi connectivity index (χ2v) is 5.86. The Bertz CT molecular complexity index is 487. The molecule has 1 saturated heterocycles. The monoisotopic (exact) mass is 377 g/mol. The number of nitrogens with one attached hydrogen (secondary N) is 1. The third kappa shape index (κ3) is 2.42. The molecule has 1 aliphatic carbocycles. The first kappa shape index (κ1) is 13.5. The van der Waals surface area contributed by atoms with Crippen molar-refractivity contribution in [3.63, 3.8) is 0 Å². The summed E-state index contributed by atoms with van der Waals surface area (Å²) in [6.07, 6.45) is 3.35. The first-order chi connectivity index (χ1) is 8.33. The Hall–Kier alpha value is -0.950. The number of carbonyl (C=O) groups excluding carboxylic acids is 3. The Labute approximate surface area is 120 Å². The van der Waals surface area contributed by atoms with Gasteiger partial charge in [0, 0.05) is 13.3 Å². The quantitative estimate of drug-likeness (QED) is 0.698. The van der Waals surface area contributed by atoms with Gasteiger partial charge in [-0.1, -0.05) is 0 Å². The molecule has 0 unspecified atom stereocenters. The maximum Gasteiger partial charge on any atom is 0.330 e. The Morgan fingerprint density at radius 1 is 1.39 bits per heavy atom. The number of Topliss-reactive ketones (excluding diaryl/α,β-unsaturated/α-hetero) is 1. The van der Waals surface area contributed by atoms with Gasteiger partial charge >= 0.3 is 5.97 Å². The lowest BCUT2D eigenvalue weighted by Crippen LogP contribution is -2.37. The zero-order chi connectivity index (χ0) is 13.5. The SMILES string of the molecule is CC(=O)N[C@H]1CC2(C=C(Br)C(=O)C(Br)=C2)OC1=O. The van der Waals surface area contributed by atoms with Gasteiger partial charge in [0.25, 0.3) is 0 Å². The van der Waals surface area contributed by atoms with Crippen molar-refractivity contribution in [3.8, 4) is 0 Å². The Morgan fingerprint density at radius 3 is 2.44 bits per heavy atom. The summed E-state index contributed by atoms with van der Waals surface area (Å²) >= 11 is 6.26. The van der Waals surface area contributed by atoms with E-state index >= 15 is 0 Å². The summed E-state index contributed by atoms with van der Waals surface area (Å²) in [6.45, 7) is 1.33. The van der Waals surface area contributed by atoms with Crippen LogP contribution in [0.3, 0.4) is 0 Å². The minimum Gasteiger partial charge on any atom is -0.449 e. The normalized spacial score (nSPS) is 25.6. The first-order valence-corrected chi connectivity index (χ1v) is 6.73. The number of rotatable bonds is 1. The predicted molar refractivity (Wildman–Crippen MR) is 70.1 cm³/mol. The third-order valence-electron chi connectivity index (χ3n) is 2.65. The predicted octanol–water partition coefficient (Wildman–Crippen LogP) is 1.32. The van der Waals surface area contributed by atoms with E-state index in [-0.39, 0.29) is 18.1 Å². The lowest BCUT2D eigenvalue weighted by Gasteiger charge is -2.24. The van der Waals surface area contributed by atoms with Gasteiger partial charge in [0.05, 0.1) is 8.96 Å². The number of carbonyl (C=O) groups is 3. The van der Waals surface area contributed by atoms with E-state index in [1.807, 2.05) is 0 Å². The highest BCUT2D eigenvalue weighted by molar-refractivity contribution is 9.13. The average molecular weight is 379 g/mol. The molecule has 1 spiro atoms. The van der Waals surface area contributed by atoms with Crippen molar-refractivity contribution in [1.82, 2.24) is 5.32 Å². The summed E-state index contributed by atoms with van der Waals surface area (Å²) in [7, 11) is 0. The summed E-state index contributed by atoms with van der Waals surface area (Å²) in [5.74, 6) is -1.01. The Kier molecular flexibility index (Phi) is 3.46. The van der Waals surface area contributed by atoms with Crippen LogP contribution < -0.4 is 5.32 Å². The van der Waals surface area contributed by atoms with E-state index < -0.39 is 17.6 Å². The molecule has 0 saturated carbocycles. The summed E-state index contributed by atoms with van der Waals surface area (Å²) < 4.78 is 5.93. The molecule has 0 aromatic carbocycles. The maximum absolute atomic E-state index is 11.7. The molecular weight excluding hydrogens is 370 g/mol. The standard InChI is InChI=1S/C11H9Br2NO4/c1-5(15)14-8-4-11(18-10(8)17)2-6(12)9(16)7(13)3-11/h2-3,8H,4H2,1H3,(H,14,15)/t8-/m0/s1. The molecule has 1 N–H and O–H groups in total. The number of ketones is 1. The molecule has 0 radical (unpaired) electrons. The van der Waals surface area contributed by atoms with E-state index in [9.17, 15) is 14.4 Å². The van der Waals surface area contributed by atoms with Crippen LogP contribution in [0.2, 0.25) is 0 Å². The number of halogens is 2. The molecule has 2 rings (SSSR count). The molecule has 18 heavy (non-hydrogen) atoms. The van der Waals surface area contributed by atoms with Crippen molar-refractivity contribution >= 4 is 49.5 Å². The van der Waals surface area contributed by atoms with Crippen molar-refractivity contribution in [2.24, 2.45) is 0 Å². The van der Waals surface area contributed by atoms with Gasteiger partial charge in [-0.05, 0) is 44.0 Å². The number of esters is 1. The fourth-order valence-corrected chi connectivity index (χ4v) is 3.42. The zero-order valence-corrected chi connectivity index (χ0v) is 12.5. The highest BCUT2D eigenvalue weighted by Crippen LogP contribution is 2.38. The molecule has 1 fully saturated rings. The van der Waals surface area contributed by atoms with Gasteiger partial charge in [0.1, 0.15) is 6.04 Å². The van der Waals surface area contributed by atoms with Crippen molar-refractivity contribution in [1.29, 1.82) is 0 Å². The smallest absolute Gasteiger partial charge is 0.330 e. The van der Waals surface area contributed by atoms with Gasteiger partial charge in [-0.15, -0.1) is 0 Å². The summed E-state index contributed by atoms with van der Waals surface area (Å²) in [4.78, 5) is 34.2. The van der Waals surface area contributed by atoms with Crippen molar-refractivity contribution in [3.05, 3.63) is 21.1 Å². The minimum atomic E-state index is -0.976. The minimum absolute atomic E-state index is 0.209. The molecule has 1 atom stereocenters. The van der Waals surface area contributed by atoms with Crippen LogP contribution in [0, 0.1) is 0 Å². The van der Waals surface area contributed by atoms with Gasteiger partial charge < -0.3 is 10.1 Å². The largest absolute Gasteiger partial charge is 0.449 e. The van der Waals surface area contributed by atoms with Crippen molar-refractivity contribution in [2.45, 2.75) is 25.0 Å². The Balaban J connectivity index is 2.28. The van der Waals surface area contributed by atoms with Crippen LogP contribution in [0.15, 0.2) is 21.1 Å². The van der Waals surface area contributed by atoms with Gasteiger partial charge in [-0.3, -0.25) is 9.59 Å². The molecular formula is C11H9Br2NO4. The van der Waals surface area contributed by atoms with E-state index in [0.29, 0.717) is 8.96 Å². The number of ether oxygens (including phenoxy) is 1. The molecule has 0 aromatic rings. The average Bonchev–Trinajstić information content (AvgIpc) is 2.51. The van der Waals surface area contributed by atoms with Crippen LogP contribution in [0.5, 0.6) is 0 Å². The van der Waals surface area contributed by atoms with E-state index in [1.165, 1.54) is 6.92 Å². The maximum atomic E-state index is 11.7. The molecule has 0 aromatic heterocycles. The van der Waals surface area contributed by atoms with Crippen LogP contribution in [0.25, 0.3) is 0 Å². The van der Waals surface area contributed by atoms with Crippen LogP contribution in [0.1, 0.15) is 13.3 Å². The second kappa shape index (κ2) is 4.62. The zero-order valence-electron chi connectivity index (χ0n) is 9.33. The van der Waals surface area contributed by atoms with E-state index in [1.54, 1.807) is 12.2 Å². The lowest BCUT2D eigenvalue weighted by atomic mass is 9.92. The molecule has 0 bridgehead atoms. The number of hydrogen-bond acceptors (Lipinski definition) is 4. The second-order valence-electron chi connectivity index (χ2n) is 4.15. The van der Waals surface area contributed by atoms with Gasteiger partial charge in [-0.2, -0.15) is 0 Å². The highest BCUT2D eigenvalue weighted by Gasteiger charge is 2.47. The fraction of sp³-hybridized carbons (Fsp3) is 0.364. The molecule has 96 valence electrons. The number of amides is 1. The summed E-state index contributed by atoms with van der Waals surface area (Å²) in [6, 6.07) is -0.691. The first-order valence-electron chi connectivity index (χ1n) is 5.14. The Morgan fingerprint density at radius 2 is 1.94 bits per heavy atom. The summed E-state index contributed by atoms with van der Waals surface area (Å²) in [5, 5.41) is 2.52. The summed E-state index contributed by atoms with van der Waals surface area (Å²) in [5.41, 5.74) is -0.976. The van der Waals surface area contributed by atoms with Gasteiger partial charge in [-0.25, -0.2) is 4.79 Å². The van der Waals surface area contributed by atoms with Crippen LogP contribution >= 0.6 is 31.9 Å². The van der Waals surface area contributed by atoms with E-state index in [4.69, 9.17) is 4.74 Å². The van der Waals surface area contributed by atoms with Crippen LogP contribution in [-0.4, -0.2) is 29.3 Å². The number of hydrogen-bond donors (Lipinski definition) is 1. The van der Waals surface area contributed by atoms with Gasteiger partial charge in [0.15, 0.2) is 5.60 Å². The molecule has 1 aliphatic heterocycles. The molecule has 2 aliphatic rings. The van der Waals surface area contributed by atoms with Gasteiger partial charge in [0.2, 0.25) is 11.7 Å². The number of allylic oxidation sites excluding steroid dienone is 2. The topological polar surface area (TPSA) is 72.5 Å². The molecule has 1 amide bonds. The molecule has 5 nitrogen and oxygen atoms in total. The van der Waals surface area contributed by atoms with Crippen molar-refractivity contribution < 1.29 is 19.1 Å². The fourth-order valence-electron chi connectivity index (χ4n) is 1.95. The lowest BCUT2D eigenvalue weighted by molar-refractivity contribution is -0.145. The third-order valence-corrected chi connectivity index (χ3v) is 3.83.